The van der Waals surface area contributed by atoms with Gasteiger partial charge in [-0.3, -0.25) is 0 Å². The lowest BCUT2D eigenvalue weighted by Crippen LogP contribution is -2.35. The van der Waals surface area contributed by atoms with Crippen molar-refractivity contribution in [2.75, 3.05) is 0 Å². The smallest absolute Gasteiger partial charge is 0.353 e. The minimum absolute atomic E-state index is 0.180. The molecule has 0 amide bonds. The predicted octanol–water partition coefficient (Wildman–Crippen LogP) is 1.80. The van der Waals surface area contributed by atoms with E-state index in [1.54, 1.807) is 0 Å². The Kier molecular flexibility index (Phi) is 2.21. The first-order chi connectivity index (χ1) is 6.61. The predicted molar refractivity (Wildman–Crippen MR) is 51.1 cm³/mol. The van der Waals surface area contributed by atoms with E-state index in [0.717, 1.165) is 19.3 Å². The first-order valence-electron chi connectivity index (χ1n) is 5.10. The lowest BCUT2D eigenvalue weighted by Gasteiger charge is -2.33. The van der Waals surface area contributed by atoms with Gasteiger partial charge in [-0.25, -0.2) is 4.79 Å². The summed E-state index contributed by atoms with van der Waals surface area (Å²) in [6.45, 7) is 2.18. The first-order valence-corrected chi connectivity index (χ1v) is 5.10. The maximum absolute atomic E-state index is 10.7. The molecule has 2 atom stereocenters. The molecule has 1 spiro atoms. The number of carboxylic acids is 1. The highest BCUT2D eigenvalue weighted by Gasteiger charge is 2.43. The van der Waals surface area contributed by atoms with Gasteiger partial charge in [-0.1, -0.05) is 18.5 Å². The molecule has 0 saturated heterocycles. The standard InChI is InChI=1S/C10H15NO3/c1-7-3-2-4-10(5-7)6-8(9(12)13)11-14-10/h7H,2-6H2,1H3,(H,12,13). The third-order valence-electron chi connectivity index (χ3n) is 3.14. The summed E-state index contributed by atoms with van der Waals surface area (Å²) in [6, 6.07) is 0. The van der Waals surface area contributed by atoms with Gasteiger partial charge in [0.25, 0.3) is 0 Å². The molecule has 2 aliphatic rings. The summed E-state index contributed by atoms with van der Waals surface area (Å²) in [7, 11) is 0. The summed E-state index contributed by atoms with van der Waals surface area (Å²) in [6.07, 6.45) is 4.69. The molecule has 2 unspecified atom stereocenters. The molecule has 1 saturated carbocycles. The molecule has 4 heteroatoms. The van der Waals surface area contributed by atoms with Crippen LogP contribution < -0.4 is 0 Å². The maximum atomic E-state index is 10.7. The SMILES string of the molecule is CC1CCCC2(CC(C(=O)O)=NO2)C1. The maximum Gasteiger partial charge on any atom is 0.353 e. The number of carboxylic acid groups (broad SMARTS) is 1. The Morgan fingerprint density at radius 3 is 3.07 bits per heavy atom. The van der Waals surface area contributed by atoms with E-state index < -0.39 is 5.97 Å². The van der Waals surface area contributed by atoms with Crippen molar-refractivity contribution in [1.29, 1.82) is 0 Å². The van der Waals surface area contributed by atoms with Crippen LogP contribution in [0, 0.1) is 5.92 Å². The lowest BCUT2D eigenvalue weighted by molar-refractivity contribution is -0.129. The van der Waals surface area contributed by atoms with Gasteiger partial charge in [-0.2, -0.15) is 0 Å². The number of nitrogens with zero attached hydrogens (tertiary/aromatic N) is 1. The minimum atomic E-state index is -0.944. The van der Waals surface area contributed by atoms with Crippen molar-refractivity contribution < 1.29 is 14.7 Å². The van der Waals surface area contributed by atoms with E-state index in [2.05, 4.69) is 12.1 Å². The normalized spacial score (nSPS) is 36.6. The van der Waals surface area contributed by atoms with E-state index in [0.29, 0.717) is 12.3 Å². The first kappa shape index (κ1) is 9.49. The zero-order valence-corrected chi connectivity index (χ0v) is 8.32. The molecule has 1 aliphatic carbocycles. The van der Waals surface area contributed by atoms with Crippen LogP contribution in [0.25, 0.3) is 0 Å². The molecule has 0 radical (unpaired) electrons. The fourth-order valence-corrected chi connectivity index (χ4v) is 2.49. The molecular formula is C10H15NO3. The third-order valence-corrected chi connectivity index (χ3v) is 3.14. The fourth-order valence-electron chi connectivity index (χ4n) is 2.49. The number of carbonyl (C=O) groups is 1. The molecule has 0 bridgehead atoms. The van der Waals surface area contributed by atoms with Crippen molar-refractivity contribution in [3.8, 4) is 0 Å². The molecular weight excluding hydrogens is 182 g/mol. The zero-order valence-electron chi connectivity index (χ0n) is 8.32. The van der Waals surface area contributed by atoms with Crippen LogP contribution in [0.3, 0.4) is 0 Å². The fraction of sp³-hybridized carbons (Fsp3) is 0.800. The number of hydrogen-bond donors (Lipinski definition) is 1. The summed E-state index contributed by atoms with van der Waals surface area (Å²) >= 11 is 0. The Bertz CT molecular complexity index is 287. The molecule has 1 heterocycles. The molecule has 0 aromatic heterocycles. The minimum Gasteiger partial charge on any atom is -0.477 e. The molecule has 0 aromatic rings. The van der Waals surface area contributed by atoms with E-state index in [-0.39, 0.29) is 11.3 Å². The van der Waals surface area contributed by atoms with Crippen LogP contribution in [-0.4, -0.2) is 22.4 Å². The van der Waals surface area contributed by atoms with E-state index in [4.69, 9.17) is 9.94 Å². The Balaban J connectivity index is 2.04. The summed E-state index contributed by atoms with van der Waals surface area (Å²) in [5.41, 5.74) is -0.107. The average Bonchev–Trinajstić information content (AvgIpc) is 2.49. The highest BCUT2D eigenvalue weighted by atomic mass is 16.7. The third kappa shape index (κ3) is 1.61. The highest BCUT2D eigenvalue weighted by Crippen LogP contribution is 2.40. The van der Waals surface area contributed by atoms with Crippen LogP contribution in [0.2, 0.25) is 0 Å². The molecule has 0 aromatic carbocycles. The average molecular weight is 197 g/mol. The Hall–Kier alpha value is -1.06. The molecule has 1 aliphatic heterocycles. The van der Waals surface area contributed by atoms with Crippen LogP contribution in [0.1, 0.15) is 39.0 Å². The van der Waals surface area contributed by atoms with E-state index >= 15 is 0 Å². The van der Waals surface area contributed by atoms with Gasteiger partial charge >= 0.3 is 5.97 Å². The highest BCUT2D eigenvalue weighted by molar-refractivity contribution is 6.36. The zero-order chi connectivity index (χ0) is 10.2. The van der Waals surface area contributed by atoms with Gasteiger partial charge in [-0.15, -0.1) is 0 Å². The van der Waals surface area contributed by atoms with Crippen molar-refractivity contribution in [3.63, 3.8) is 0 Å². The number of oxime groups is 1. The van der Waals surface area contributed by atoms with Gasteiger partial charge in [0, 0.05) is 6.42 Å². The van der Waals surface area contributed by atoms with Crippen molar-refractivity contribution >= 4 is 11.7 Å². The Labute approximate surface area is 82.9 Å². The van der Waals surface area contributed by atoms with Gasteiger partial charge in [0.1, 0.15) is 5.60 Å². The van der Waals surface area contributed by atoms with Crippen molar-refractivity contribution in [2.24, 2.45) is 11.1 Å². The summed E-state index contributed by atoms with van der Waals surface area (Å²) < 4.78 is 0. The topological polar surface area (TPSA) is 58.9 Å². The summed E-state index contributed by atoms with van der Waals surface area (Å²) in [4.78, 5) is 16.0. The second-order valence-electron chi connectivity index (χ2n) is 4.50. The number of rotatable bonds is 1. The summed E-state index contributed by atoms with van der Waals surface area (Å²) in [5, 5.41) is 12.4. The van der Waals surface area contributed by atoms with Crippen LogP contribution in [0.4, 0.5) is 0 Å². The van der Waals surface area contributed by atoms with Crippen molar-refractivity contribution in [3.05, 3.63) is 0 Å². The van der Waals surface area contributed by atoms with Crippen LogP contribution in [0.5, 0.6) is 0 Å². The molecule has 78 valence electrons. The quantitative estimate of drug-likeness (QED) is 0.697. The molecule has 14 heavy (non-hydrogen) atoms. The summed E-state index contributed by atoms with van der Waals surface area (Å²) in [5.74, 6) is -0.327. The largest absolute Gasteiger partial charge is 0.477 e. The van der Waals surface area contributed by atoms with Crippen LogP contribution in [0.15, 0.2) is 5.16 Å². The Morgan fingerprint density at radius 1 is 1.71 bits per heavy atom. The number of aliphatic carboxylic acids is 1. The second kappa shape index (κ2) is 3.26. The van der Waals surface area contributed by atoms with Gasteiger partial charge in [0.2, 0.25) is 0 Å². The monoisotopic (exact) mass is 197 g/mol. The van der Waals surface area contributed by atoms with Gasteiger partial charge in [-0.05, 0) is 25.2 Å². The van der Waals surface area contributed by atoms with Crippen LogP contribution in [-0.2, 0) is 9.63 Å². The van der Waals surface area contributed by atoms with Crippen molar-refractivity contribution in [1.82, 2.24) is 0 Å². The van der Waals surface area contributed by atoms with E-state index in [1.165, 1.54) is 6.42 Å². The van der Waals surface area contributed by atoms with E-state index in [1.807, 2.05) is 0 Å². The number of hydrogen-bond acceptors (Lipinski definition) is 3. The van der Waals surface area contributed by atoms with Gasteiger partial charge in [0.05, 0.1) is 0 Å². The Morgan fingerprint density at radius 2 is 2.50 bits per heavy atom. The van der Waals surface area contributed by atoms with Gasteiger partial charge in [0.15, 0.2) is 5.71 Å². The lowest BCUT2D eigenvalue weighted by atomic mass is 9.76. The van der Waals surface area contributed by atoms with Gasteiger partial charge < -0.3 is 9.94 Å². The molecule has 2 rings (SSSR count). The molecule has 1 fully saturated rings. The van der Waals surface area contributed by atoms with Crippen LogP contribution >= 0.6 is 0 Å². The molecule has 1 N–H and O–H groups in total. The van der Waals surface area contributed by atoms with E-state index in [9.17, 15) is 4.79 Å². The molecule has 4 nitrogen and oxygen atoms in total. The van der Waals surface area contributed by atoms with Crippen molar-refractivity contribution in [2.45, 2.75) is 44.6 Å². The second-order valence-corrected chi connectivity index (χ2v) is 4.50.